The van der Waals surface area contributed by atoms with E-state index >= 15 is 0 Å². The summed E-state index contributed by atoms with van der Waals surface area (Å²) in [5.74, 6) is -0.433. The average Bonchev–Trinajstić information content (AvgIpc) is 2.89. The van der Waals surface area contributed by atoms with E-state index in [-0.39, 0.29) is 5.41 Å². The molecule has 1 fully saturated rings. The highest BCUT2D eigenvalue weighted by Crippen LogP contribution is 2.50. The Bertz CT molecular complexity index is 1150. The molecule has 1 aliphatic carbocycles. The van der Waals surface area contributed by atoms with Crippen LogP contribution >= 0.6 is 0 Å². The van der Waals surface area contributed by atoms with Gasteiger partial charge in [-0.1, -0.05) is 74.7 Å². The zero-order valence-corrected chi connectivity index (χ0v) is 20.0. The maximum Gasteiger partial charge on any atom is 0.335 e. The lowest BCUT2D eigenvalue weighted by Crippen LogP contribution is -2.32. The predicted octanol–water partition coefficient (Wildman–Crippen LogP) is 8.10. The quantitative estimate of drug-likeness (QED) is 0.352. The van der Waals surface area contributed by atoms with Crippen LogP contribution < -0.4 is 0 Å². The molecule has 1 saturated carbocycles. The molecule has 34 heavy (non-hydrogen) atoms. The fourth-order valence-electron chi connectivity index (χ4n) is 5.69. The SMILES string of the molecule is CCCCC[C@]1(c2cc(C#N)ccc2-c2ccccc2)CC[C@@H](c2ccc(C(=O)O)cc2)CC1. The van der Waals surface area contributed by atoms with Crippen LogP contribution in [0, 0.1) is 11.3 Å². The highest BCUT2D eigenvalue weighted by Gasteiger charge is 2.38. The molecule has 3 heteroatoms. The Morgan fingerprint density at radius 2 is 1.71 bits per heavy atom. The van der Waals surface area contributed by atoms with E-state index in [1.807, 2.05) is 24.3 Å². The first-order valence-electron chi connectivity index (χ1n) is 12.5. The standard InChI is InChI=1S/C31H33NO2/c1-2-3-7-18-31(19-16-25(17-20-31)24-11-13-27(14-12-24)30(33)34)29-21-23(22-32)10-15-28(29)26-8-5-4-6-9-26/h4-6,8-15,21,25H,2-3,7,16-20H2,1H3,(H,33,34)/t25-,31+. The van der Waals surface area contributed by atoms with Crippen molar-refractivity contribution >= 4 is 5.97 Å². The molecule has 0 heterocycles. The summed E-state index contributed by atoms with van der Waals surface area (Å²) in [5, 5.41) is 18.9. The fourth-order valence-corrected chi connectivity index (χ4v) is 5.69. The van der Waals surface area contributed by atoms with Gasteiger partial charge in [0.05, 0.1) is 17.2 Å². The lowest BCUT2D eigenvalue weighted by atomic mass is 9.62. The number of carbonyl (C=O) groups is 1. The molecule has 1 N–H and O–H groups in total. The number of hydrogen-bond acceptors (Lipinski definition) is 2. The molecule has 0 atom stereocenters. The van der Waals surface area contributed by atoms with Gasteiger partial charge >= 0.3 is 5.97 Å². The molecule has 0 spiro atoms. The molecule has 4 rings (SSSR count). The van der Waals surface area contributed by atoms with Gasteiger partial charge in [-0.25, -0.2) is 4.79 Å². The summed E-state index contributed by atoms with van der Waals surface area (Å²) < 4.78 is 0. The van der Waals surface area contributed by atoms with Crippen LogP contribution in [0.2, 0.25) is 0 Å². The lowest BCUT2D eigenvalue weighted by molar-refractivity contribution is 0.0697. The van der Waals surface area contributed by atoms with Crippen molar-refractivity contribution in [3.8, 4) is 17.2 Å². The van der Waals surface area contributed by atoms with Gasteiger partial charge in [-0.15, -0.1) is 0 Å². The molecule has 1 aliphatic rings. The molecule has 0 saturated heterocycles. The number of benzene rings is 3. The number of carboxylic acid groups (broad SMARTS) is 1. The molecule has 3 aromatic carbocycles. The molecular weight excluding hydrogens is 418 g/mol. The molecule has 0 aromatic heterocycles. The largest absolute Gasteiger partial charge is 0.478 e. The minimum Gasteiger partial charge on any atom is -0.478 e. The molecular formula is C31H33NO2. The minimum absolute atomic E-state index is 0.0602. The van der Waals surface area contributed by atoms with E-state index in [4.69, 9.17) is 0 Å². The molecule has 3 nitrogen and oxygen atoms in total. The van der Waals surface area contributed by atoms with Crippen molar-refractivity contribution in [3.05, 3.63) is 95.1 Å². The summed E-state index contributed by atoms with van der Waals surface area (Å²) in [4.78, 5) is 11.2. The number of unbranched alkanes of at least 4 members (excludes halogenated alkanes) is 2. The summed E-state index contributed by atoms with van der Waals surface area (Å²) in [6.45, 7) is 2.25. The summed E-state index contributed by atoms with van der Waals surface area (Å²) in [5.41, 5.74) is 6.16. The van der Waals surface area contributed by atoms with E-state index in [0.717, 1.165) is 37.7 Å². The Hall–Kier alpha value is -3.38. The van der Waals surface area contributed by atoms with Crippen LogP contribution in [0.4, 0.5) is 0 Å². The van der Waals surface area contributed by atoms with Gasteiger partial charge in [-0.2, -0.15) is 5.26 Å². The second-order valence-electron chi connectivity index (χ2n) is 9.68. The third kappa shape index (κ3) is 5.07. The van der Waals surface area contributed by atoms with E-state index < -0.39 is 5.97 Å². The van der Waals surface area contributed by atoms with Crippen LogP contribution in [0.5, 0.6) is 0 Å². The van der Waals surface area contributed by atoms with Crippen molar-refractivity contribution in [1.29, 1.82) is 5.26 Å². The minimum atomic E-state index is -0.879. The van der Waals surface area contributed by atoms with Crippen molar-refractivity contribution in [2.75, 3.05) is 0 Å². The van der Waals surface area contributed by atoms with Crippen LogP contribution in [0.3, 0.4) is 0 Å². The van der Waals surface area contributed by atoms with Gasteiger partial charge in [0.15, 0.2) is 0 Å². The van der Waals surface area contributed by atoms with Gasteiger partial charge in [0.25, 0.3) is 0 Å². The Labute approximate surface area is 203 Å². The van der Waals surface area contributed by atoms with Crippen LogP contribution in [0.15, 0.2) is 72.8 Å². The van der Waals surface area contributed by atoms with Crippen molar-refractivity contribution in [3.63, 3.8) is 0 Å². The Balaban J connectivity index is 1.68. The van der Waals surface area contributed by atoms with Crippen molar-refractivity contribution < 1.29 is 9.90 Å². The van der Waals surface area contributed by atoms with E-state index in [9.17, 15) is 15.2 Å². The summed E-state index contributed by atoms with van der Waals surface area (Å²) in [6, 6.07) is 26.6. The first-order valence-corrected chi connectivity index (χ1v) is 12.5. The smallest absolute Gasteiger partial charge is 0.335 e. The van der Waals surface area contributed by atoms with Gasteiger partial charge in [-0.3, -0.25) is 0 Å². The normalized spacial score (nSPS) is 19.9. The monoisotopic (exact) mass is 451 g/mol. The second-order valence-corrected chi connectivity index (χ2v) is 9.68. The van der Waals surface area contributed by atoms with Crippen LogP contribution in [-0.4, -0.2) is 11.1 Å². The zero-order chi connectivity index (χ0) is 24.0. The lowest BCUT2D eigenvalue weighted by Gasteiger charge is -2.42. The van der Waals surface area contributed by atoms with Crippen molar-refractivity contribution in [2.24, 2.45) is 0 Å². The Kier molecular flexibility index (Phi) is 7.48. The molecule has 3 aromatic rings. The first kappa shape index (κ1) is 23.8. The Morgan fingerprint density at radius 1 is 1.00 bits per heavy atom. The predicted molar refractivity (Wildman–Crippen MR) is 137 cm³/mol. The average molecular weight is 452 g/mol. The van der Waals surface area contributed by atoms with E-state index in [2.05, 4.69) is 49.4 Å². The summed E-state index contributed by atoms with van der Waals surface area (Å²) in [7, 11) is 0. The van der Waals surface area contributed by atoms with Gasteiger partial charge in [-0.05, 0) is 90.0 Å². The summed E-state index contributed by atoms with van der Waals surface area (Å²) in [6.07, 6.45) is 9.05. The molecule has 0 radical (unpaired) electrons. The topological polar surface area (TPSA) is 61.1 Å². The third-order valence-corrected chi connectivity index (χ3v) is 7.64. The maximum absolute atomic E-state index is 11.2. The van der Waals surface area contributed by atoms with E-state index in [1.54, 1.807) is 12.1 Å². The van der Waals surface area contributed by atoms with Crippen molar-refractivity contribution in [1.82, 2.24) is 0 Å². The molecule has 0 unspecified atom stereocenters. The van der Waals surface area contributed by atoms with Crippen LogP contribution in [0.1, 0.15) is 91.3 Å². The number of nitriles is 1. The number of nitrogens with zero attached hydrogens (tertiary/aromatic N) is 1. The highest BCUT2D eigenvalue weighted by molar-refractivity contribution is 5.87. The van der Waals surface area contributed by atoms with E-state index in [0.29, 0.717) is 11.5 Å². The first-order chi connectivity index (χ1) is 16.6. The van der Waals surface area contributed by atoms with Crippen molar-refractivity contribution in [2.45, 2.75) is 69.6 Å². The molecule has 0 amide bonds. The van der Waals surface area contributed by atoms with Gasteiger partial charge in [0.1, 0.15) is 0 Å². The van der Waals surface area contributed by atoms with Crippen LogP contribution in [-0.2, 0) is 5.41 Å². The van der Waals surface area contributed by atoms with Gasteiger partial charge in [0, 0.05) is 0 Å². The number of aromatic carboxylic acids is 1. The summed E-state index contributed by atoms with van der Waals surface area (Å²) >= 11 is 0. The molecule has 174 valence electrons. The number of carboxylic acids is 1. The molecule has 0 aliphatic heterocycles. The van der Waals surface area contributed by atoms with Gasteiger partial charge < -0.3 is 5.11 Å². The number of rotatable bonds is 8. The number of hydrogen-bond donors (Lipinski definition) is 1. The maximum atomic E-state index is 11.2. The zero-order valence-electron chi connectivity index (χ0n) is 20.0. The van der Waals surface area contributed by atoms with Gasteiger partial charge in [0.2, 0.25) is 0 Å². The second kappa shape index (κ2) is 10.7. The Morgan fingerprint density at radius 3 is 2.32 bits per heavy atom. The fraction of sp³-hybridized carbons (Fsp3) is 0.355. The highest BCUT2D eigenvalue weighted by atomic mass is 16.4. The van der Waals surface area contributed by atoms with E-state index in [1.165, 1.54) is 41.5 Å². The third-order valence-electron chi connectivity index (χ3n) is 7.64. The van der Waals surface area contributed by atoms with Crippen LogP contribution in [0.25, 0.3) is 11.1 Å². The molecule has 0 bridgehead atoms.